The van der Waals surface area contributed by atoms with Crippen LogP contribution in [0, 0.1) is 0 Å². The van der Waals surface area contributed by atoms with E-state index in [2.05, 4.69) is 65.6 Å². The van der Waals surface area contributed by atoms with Gasteiger partial charge < -0.3 is 23.9 Å². The number of ether oxygens (including phenoxy) is 3. The van der Waals surface area contributed by atoms with E-state index in [0.717, 1.165) is 33.8 Å². The molecule has 158 valence electrons. The van der Waals surface area contributed by atoms with Gasteiger partial charge in [-0.05, 0) is 23.3 Å². The van der Waals surface area contributed by atoms with Crippen LogP contribution in [0.2, 0.25) is 0 Å². The third-order valence-electron chi connectivity index (χ3n) is 6.24. The van der Waals surface area contributed by atoms with Crippen molar-refractivity contribution in [2.45, 2.75) is 5.41 Å². The Morgan fingerprint density at radius 3 is 1.90 bits per heavy atom. The average Bonchev–Trinajstić information content (AvgIpc) is 3.26. The third kappa shape index (κ3) is 2.61. The minimum atomic E-state index is -0.602. The summed E-state index contributed by atoms with van der Waals surface area (Å²) in [6.07, 6.45) is 0. The molecular formula is C25H24N2O4. The second kappa shape index (κ2) is 7.23. The van der Waals surface area contributed by atoms with Gasteiger partial charge in [0.1, 0.15) is 35.0 Å². The monoisotopic (exact) mass is 416 g/mol. The molecule has 3 aromatic carbocycles. The summed E-state index contributed by atoms with van der Waals surface area (Å²) in [5.74, 6) is 1.89. The molecule has 1 spiro atoms. The van der Waals surface area contributed by atoms with E-state index in [1.807, 2.05) is 12.1 Å². The first-order chi connectivity index (χ1) is 15.2. The van der Waals surface area contributed by atoms with E-state index in [1.54, 1.807) is 21.3 Å². The Bertz CT molecular complexity index is 1120. The number of benzene rings is 3. The van der Waals surface area contributed by atoms with E-state index in [4.69, 9.17) is 19.0 Å². The molecule has 31 heavy (non-hydrogen) atoms. The van der Waals surface area contributed by atoms with E-state index in [0.29, 0.717) is 23.9 Å². The van der Waals surface area contributed by atoms with Crippen molar-refractivity contribution in [3.63, 3.8) is 0 Å². The fourth-order valence-corrected chi connectivity index (χ4v) is 4.78. The van der Waals surface area contributed by atoms with Crippen LogP contribution < -0.4 is 19.1 Å². The molecule has 6 nitrogen and oxygen atoms in total. The van der Waals surface area contributed by atoms with Gasteiger partial charge in [-0.1, -0.05) is 41.6 Å². The number of methoxy groups -OCH3 is 3. The Labute approximate surface area is 181 Å². The number of fused-ring (bicyclic) bond motifs is 4. The molecule has 0 amide bonds. The minimum Gasteiger partial charge on any atom is -0.496 e. The second-order valence-electron chi connectivity index (χ2n) is 7.62. The van der Waals surface area contributed by atoms with Crippen LogP contribution in [0.5, 0.6) is 17.2 Å². The molecule has 0 radical (unpaired) electrons. The van der Waals surface area contributed by atoms with Crippen LogP contribution in [0.4, 0.5) is 11.4 Å². The van der Waals surface area contributed by atoms with Crippen molar-refractivity contribution >= 4 is 17.1 Å². The Balaban J connectivity index is 1.84. The van der Waals surface area contributed by atoms with Crippen molar-refractivity contribution in [3.05, 3.63) is 77.4 Å². The number of hydrogen-bond acceptors (Lipinski definition) is 6. The van der Waals surface area contributed by atoms with Gasteiger partial charge >= 0.3 is 0 Å². The highest BCUT2D eigenvalue weighted by atomic mass is 16.6. The average molecular weight is 416 g/mol. The SMILES string of the molecule is COc1cc(OC)c(C2=NOCC23c2ccccc2N(C)c2ccccc23)c(OC)c1. The molecule has 2 aliphatic heterocycles. The summed E-state index contributed by atoms with van der Waals surface area (Å²) in [6, 6.07) is 20.5. The molecule has 5 rings (SSSR count). The molecular weight excluding hydrogens is 392 g/mol. The summed E-state index contributed by atoms with van der Waals surface area (Å²) in [7, 11) is 6.98. The molecule has 2 aliphatic rings. The molecule has 0 N–H and O–H groups in total. The maximum Gasteiger partial charge on any atom is 0.136 e. The molecule has 0 fully saturated rings. The maximum absolute atomic E-state index is 5.84. The van der Waals surface area contributed by atoms with Gasteiger partial charge in [0, 0.05) is 30.6 Å². The van der Waals surface area contributed by atoms with Crippen LogP contribution in [0.1, 0.15) is 16.7 Å². The fourth-order valence-electron chi connectivity index (χ4n) is 4.78. The number of oxime groups is 1. The zero-order valence-corrected chi connectivity index (χ0v) is 18.0. The molecule has 0 unspecified atom stereocenters. The Morgan fingerprint density at radius 2 is 1.39 bits per heavy atom. The van der Waals surface area contributed by atoms with Gasteiger partial charge in [0.25, 0.3) is 0 Å². The van der Waals surface area contributed by atoms with Crippen molar-refractivity contribution in [1.29, 1.82) is 0 Å². The van der Waals surface area contributed by atoms with Gasteiger partial charge in [0.05, 0.1) is 26.9 Å². The van der Waals surface area contributed by atoms with Crippen molar-refractivity contribution in [2.75, 3.05) is 39.9 Å². The van der Waals surface area contributed by atoms with Crippen LogP contribution in [0.15, 0.2) is 65.8 Å². The van der Waals surface area contributed by atoms with Crippen LogP contribution in [0.25, 0.3) is 0 Å². The molecule has 0 saturated carbocycles. The Kier molecular flexibility index (Phi) is 4.50. The van der Waals surface area contributed by atoms with Gasteiger partial charge in [-0.25, -0.2) is 0 Å². The van der Waals surface area contributed by atoms with E-state index in [1.165, 1.54) is 0 Å². The highest BCUT2D eigenvalue weighted by molar-refractivity contribution is 6.16. The molecule has 6 heteroatoms. The molecule has 0 aromatic heterocycles. The number of rotatable bonds is 4. The summed E-state index contributed by atoms with van der Waals surface area (Å²) in [4.78, 5) is 8.05. The molecule has 2 heterocycles. The van der Waals surface area contributed by atoms with Crippen LogP contribution in [-0.4, -0.2) is 40.7 Å². The smallest absolute Gasteiger partial charge is 0.136 e. The predicted molar refractivity (Wildman–Crippen MR) is 120 cm³/mol. The van der Waals surface area contributed by atoms with Crippen molar-refractivity contribution in [1.82, 2.24) is 0 Å². The first kappa shape index (κ1) is 19.3. The van der Waals surface area contributed by atoms with Crippen LogP contribution >= 0.6 is 0 Å². The third-order valence-corrected chi connectivity index (χ3v) is 6.24. The fraction of sp³-hybridized carbons (Fsp3) is 0.240. The van der Waals surface area contributed by atoms with Gasteiger partial charge in [0.15, 0.2) is 0 Å². The lowest BCUT2D eigenvalue weighted by Crippen LogP contribution is -2.43. The number of nitrogens with zero attached hydrogens (tertiary/aromatic N) is 2. The normalized spacial score (nSPS) is 15.6. The van der Waals surface area contributed by atoms with Gasteiger partial charge in [-0.15, -0.1) is 0 Å². The second-order valence-corrected chi connectivity index (χ2v) is 7.62. The Morgan fingerprint density at radius 1 is 0.839 bits per heavy atom. The van der Waals surface area contributed by atoms with Gasteiger partial charge in [0.2, 0.25) is 0 Å². The molecule has 0 saturated heterocycles. The van der Waals surface area contributed by atoms with Crippen molar-refractivity contribution in [2.24, 2.45) is 5.16 Å². The molecule has 3 aromatic rings. The zero-order chi connectivity index (χ0) is 21.6. The van der Waals surface area contributed by atoms with E-state index in [9.17, 15) is 0 Å². The first-order valence-electron chi connectivity index (χ1n) is 10.1. The number of hydrogen-bond donors (Lipinski definition) is 0. The standard InChI is InChI=1S/C25H24N2O4/c1-27-19-11-7-5-9-17(19)25(18-10-6-8-12-20(18)27)15-31-26-24(25)23-21(29-3)13-16(28-2)14-22(23)30-4/h5-14H,15H2,1-4H3. The first-order valence-corrected chi connectivity index (χ1v) is 10.1. The molecule has 0 aliphatic carbocycles. The van der Waals surface area contributed by atoms with E-state index < -0.39 is 5.41 Å². The molecule has 0 bridgehead atoms. The van der Waals surface area contributed by atoms with Crippen LogP contribution in [-0.2, 0) is 10.3 Å². The minimum absolute atomic E-state index is 0.391. The van der Waals surface area contributed by atoms with Gasteiger partial charge in [-0.3, -0.25) is 0 Å². The number of para-hydroxylation sites is 2. The van der Waals surface area contributed by atoms with Crippen molar-refractivity contribution < 1.29 is 19.0 Å². The van der Waals surface area contributed by atoms with Gasteiger partial charge in [-0.2, -0.15) is 0 Å². The summed E-state index contributed by atoms with van der Waals surface area (Å²) in [5.41, 5.74) is 5.42. The predicted octanol–water partition coefficient (Wildman–Crippen LogP) is 4.51. The van der Waals surface area contributed by atoms with Crippen LogP contribution in [0.3, 0.4) is 0 Å². The highest BCUT2D eigenvalue weighted by Crippen LogP contribution is 2.53. The molecule has 0 atom stereocenters. The summed E-state index contributed by atoms with van der Waals surface area (Å²) < 4.78 is 17.0. The lowest BCUT2D eigenvalue weighted by molar-refractivity contribution is 0.152. The quantitative estimate of drug-likeness (QED) is 0.626. The Hall–Kier alpha value is -3.67. The maximum atomic E-state index is 5.84. The summed E-state index contributed by atoms with van der Waals surface area (Å²) >= 11 is 0. The largest absolute Gasteiger partial charge is 0.496 e. The summed E-state index contributed by atoms with van der Waals surface area (Å²) in [5, 5.41) is 4.58. The zero-order valence-electron chi connectivity index (χ0n) is 18.0. The topological polar surface area (TPSA) is 52.5 Å². The van der Waals surface area contributed by atoms with Crippen molar-refractivity contribution in [3.8, 4) is 17.2 Å². The lowest BCUT2D eigenvalue weighted by atomic mass is 9.66. The highest BCUT2D eigenvalue weighted by Gasteiger charge is 2.52. The lowest BCUT2D eigenvalue weighted by Gasteiger charge is -2.41. The van der Waals surface area contributed by atoms with E-state index >= 15 is 0 Å². The summed E-state index contributed by atoms with van der Waals surface area (Å²) in [6.45, 7) is 0.391. The van der Waals surface area contributed by atoms with E-state index in [-0.39, 0.29) is 0 Å². The number of anilines is 2.